The number of hydrogen-bond acceptors (Lipinski definition) is 5. The van der Waals surface area contributed by atoms with Crippen LogP contribution in [-0.2, 0) is 32.1 Å². The van der Waals surface area contributed by atoms with E-state index < -0.39 is 5.97 Å². The van der Waals surface area contributed by atoms with Crippen molar-refractivity contribution in [3.63, 3.8) is 0 Å². The van der Waals surface area contributed by atoms with Crippen LogP contribution in [0.5, 0.6) is 5.75 Å². The third-order valence-corrected chi connectivity index (χ3v) is 3.64. The van der Waals surface area contributed by atoms with Gasteiger partial charge in [0.2, 0.25) is 5.91 Å². The molecule has 0 aliphatic rings. The molecule has 0 atom stereocenters. The lowest BCUT2D eigenvalue weighted by atomic mass is 10.1. The molecule has 0 fully saturated rings. The molecule has 2 aromatic carbocycles. The lowest BCUT2D eigenvalue weighted by molar-refractivity contribution is -0.147. The molecule has 0 heterocycles. The second-order valence-corrected chi connectivity index (χ2v) is 5.84. The molecule has 0 saturated heterocycles. The molecule has 0 saturated carbocycles. The minimum Gasteiger partial charge on any atom is -0.497 e. The first kappa shape index (κ1) is 20.0. The van der Waals surface area contributed by atoms with Gasteiger partial charge in [0, 0.05) is 19.2 Å². The van der Waals surface area contributed by atoms with Crippen molar-refractivity contribution >= 4 is 23.5 Å². The van der Waals surface area contributed by atoms with E-state index in [1.165, 1.54) is 6.92 Å². The van der Waals surface area contributed by atoms with Gasteiger partial charge in [-0.3, -0.25) is 14.4 Å². The van der Waals surface area contributed by atoms with E-state index in [0.717, 1.165) is 16.9 Å². The van der Waals surface area contributed by atoms with Gasteiger partial charge < -0.3 is 20.1 Å². The minimum atomic E-state index is -0.498. The summed E-state index contributed by atoms with van der Waals surface area (Å²) in [6, 6.07) is 14.1. The highest BCUT2D eigenvalue weighted by molar-refractivity contribution is 5.88. The van der Waals surface area contributed by atoms with Crippen LogP contribution < -0.4 is 15.4 Å². The van der Waals surface area contributed by atoms with Crippen LogP contribution in [0.1, 0.15) is 18.1 Å². The fourth-order valence-electron chi connectivity index (χ4n) is 2.27. The summed E-state index contributed by atoms with van der Waals surface area (Å²) in [5.41, 5.74) is 2.29. The molecular formula is C20H22N2O5. The maximum Gasteiger partial charge on any atom is 0.310 e. The van der Waals surface area contributed by atoms with Gasteiger partial charge in [0.25, 0.3) is 5.91 Å². The molecule has 0 aliphatic heterocycles. The first-order valence-corrected chi connectivity index (χ1v) is 8.38. The Morgan fingerprint density at radius 3 is 2.15 bits per heavy atom. The van der Waals surface area contributed by atoms with Gasteiger partial charge in [0.05, 0.1) is 13.5 Å². The average molecular weight is 370 g/mol. The van der Waals surface area contributed by atoms with Gasteiger partial charge in [-0.2, -0.15) is 0 Å². The lowest BCUT2D eigenvalue weighted by Gasteiger charge is -2.08. The van der Waals surface area contributed by atoms with Crippen molar-refractivity contribution in [1.29, 1.82) is 0 Å². The van der Waals surface area contributed by atoms with E-state index in [4.69, 9.17) is 9.47 Å². The number of ether oxygens (including phenoxy) is 2. The molecule has 7 heteroatoms. The second kappa shape index (κ2) is 9.96. The zero-order valence-electron chi connectivity index (χ0n) is 15.3. The van der Waals surface area contributed by atoms with Crippen molar-refractivity contribution in [1.82, 2.24) is 5.32 Å². The maximum atomic E-state index is 11.8. The predicted octanol–water partition coefficient (Wildman–Crippen LogP) is 2.06. The average Bonchev–Trinajstić information content (AvgIpc) is 2.66. The summed E-state index contributed by atoms with van der Waals surface area (Å²) in [4.78, 5) is 34.6. The van der Waals surface area contributed by atoms with Crippen LogP contribution in [0.15, 0.2) is 48.5 Å². The van der Waals surface area contributed by atoms with Crippen molar-refractivity contribution in [3.05, 3.63) is 59.7 Å². The molecular weight excluding hydrogens is 348 g/mol. The number of carbonyl (C=O) groups is 3. The van der Waals surface area contributed by atoms with E-state index in [2.05, 4.69) is 10.6 Å². The number of benzene rings is 2. The fourth-order valence-corrected chi connectivity index (χ4v) is 2.27. The molecule has 27 heavy (non-hydrogen) atoms. The van der Waals surface area contributed by atoms with Crippen LogP contribution in [-0.4, -0.2) is 31.5 Å². The molecule has 7 nitrogen and oxygen atoms in total. The van der Waals surface area contributed by atoms with Crippen LogP contribution in [0.2, 0.25) is 0 Å². The zero-order valence-corrected chi connectivity index (χ0v) is 15.3. The summed E-state index contributed by atoms with van der Waals surface area (Å²) < 4.78 is 10.1. The lowest BCUT2D eigenvalue weighted by Crippen LogP contribution is -2.28. The Labute approximate surface area is 157 Å². The number of nitrogens with one attached hydrogen (secondary N) is 2. The third kappa shape index (κ3) is 7.19. The maximum absolute atomic E-state index is 11.8. The molecule has 0 aliphatic carbocycles. The highest BCUT2D eigenvalue weighted by atomic mass is 16.5. The van der Waals surface area contributed by atoms with Gasteiger partial charge in [0.1, 0.15) is 5.75 Å². The largest absolute Gasteiger partial charge is 0.497 e. The molecule has 0 unspecified atom stereocenters. The minimum absolute atomic E-state index is 0.0477. The Morgan fingerprint density at radius 2 is 1.56 bits per heavy atom. The highest BCUT2D eigenvalue weighted by Crippen LogP contribution is 2.11. The van der Waals surface area contributed by atoms with E-state index in [-0.39, 0.29) is 24.8 Å². The zero-order chi connectivity index (χ0) is 19.6. The number of amides is 2. The molecule has 2 rings (SSSR count). The molecule has 2 amide bonds. The summed E-state index contributed by atoms with van der Waals surface area (Å²) >= 11 is 0. The number of anilines is 1. The SMILES string of the molecule is COc1ccc(CNC(=O)COC(=O)Cc2ccc(NC(C)=O)cc2)cc1. The van der Waals surface area contributed by atoms with Gasteiger partial charge in [0.15, 0.2) is 6.61 Å². The fraction of sp³-hybridized carbons (Fsp3) is 0.250. The van der Waals surface area contributed by atoms with Gasteiger partial charge >= 0.3 is 5.97 Å². The van der Waals surface area contributed by atoms with Crippen LogP contribution >= 0.6 is 0 Å². The standard InChI is InChI=1S/C20H22N2O5/c1-14(23)22-17-7-3-15(4-8-17)11-20(25)27-13-19(24)21-12-16-5-9-18(26-2)10-6-16/h3-10H,11-13H2,1-2H3,(H,21,24)(H,22,23). The first-order chi connectivity index (χ1) is 13.0. The Hall–Kier alpha value is -3.35. The molecule has 0 aromatic heterocycles. The van der Waals surface area contributed by atoms with Gasteiger partial charge in [-0.15, -0.1) is 0 Å². The Balaban J connectivity index is 1.71. The normalized spacial score (nSPS) is 10.0. The van der Waals surface area contributed by atoms with Crippen LogP contribution in [0, 0.1) is 0 Å². The number of methoxy groups -OCH3 is 1. The smallest absolute Gasteiger partial charge is 0.310 e. The van der Waals surface area contributed by atoms with Crippen molar-refractivity contribution < 1.29 is 23.9 Å². The van der Waals surface area contributed by atoms with Crippen molar-refractivity contribution in [2.45, 2.75) is 19.9 Å². The predicted molar refractivity (Wildman–Crippen MR) is 100 cm³/mol. The molecule has 2 aromatic rings. The number of carbonyl (C=O) groups excluding carboxylic acids is 3. The highest BCUT2D eigenvalue weighted by Gasteiger charge is 2.09. The van der Waals surface area contributed by atoms with Gasteiger partial charge in [-0.05, 0) is 35.4 Å². The Bertz CT molecular complexity index is 785. The molecule has 0 radical (unpaired) electrons. The van der Waals surface area contributed by atoms with Crippen LogP contribution in [0.25, 0.3) is 0 Å². The number of hydrogen-bond donors (Lipinski definition) is 2. The number of esters is 1. The van der Waals surface area contributed by atoms with Gasteiger partial charge in [-0.1, -0.05) is 24.3 Å². The summed E-state index contributed by atoms with van der Waals surface area (Å²) in [5.74, 6) is -0.297. The van der Waals surface area contributed by atoms with Crippen LogP contribution in [0.4, 0.5) is 5.69 Å². The van der Waals surface area contributed by atoms with E-state index in [0.29, 0.717) is 12.2 Å². The van der Waals surface area contributed by atoms with Gasteiger partial charge in [-0.25, -0.2) is 0 Å². The Kier molecular flexibility index (Phi) is 7.37. The molecule has 2 N–H and O–H groups in total. The second-order valence-electron chi connectivity index (χ2n) is 5.84. The summed E-state index contributed by atoms with van der Waals surface area (Å²) in [7, 11) is 1.59. The van der Waals surface area contributed by atoms with E-state index in [1.807, 2.05) is 12.1 Å². The van der Waals surface area contributed by atoms with E-state index >= 15 is 0 Å². The summed E-state index contributed by atoms with van der Waals surface area (Å²) in [6.07, 6.45) is 0.0477. The quantitative estimate of drug-likeness (QED) is 0.694. The van der Waals surface area contributed by atoms with E-state index in [1.54, 1.807) is 43.5 Å². The number of rotatable bonds is 8. The Morgan fingerprint density at radius 1 is 0.926 bits per heavy atom. The topological polar surface area (TPSA) is 93.7 Å². The van der Waals surface area contributed by atoms with Crippen molar-refractivity contribution in [2.75, 3.05) is 19.0 Å². The first-order valence-electron chi connectivity index (χ1n) is 8.38. The van der Waals surface area contributed by atoms with Crippen molar-refractivity contribution in [3.8, 4) is 5.75 Å². The monoisotopic (exact) mass is 370 g/mol. The van der Waals surface area contributed by atoms with Crippen LogP contribution in [0.3, 0.4) is 0 Å². The summed E-state index contributed by atoms with van der Waals surface area (Å²) in [6.45, 7) is 1.43. The molecule has 0 bridgehead atoms. The van der Waals surface area contributed by atoms with Crippen molar-refractivity contribution in [2.24, 2.45) is 0 Å². The third-order valence-electron chi connectivity index (χ3n) is 3.64. The molecule has 0 spiro atoms. The molecule has 142 valence electrons. The van der Waals surface area contributed by atoms with E-state index in [9.17, 15) is 14.4 Å². The summed E-state index contributed by atoms with van der Waals surface area (Å²) in [5, 5.41) is 5.33.